The fraction of sp³-hybridized carbons (Fsp3) is 0.421. The second-order valence-electron chi connectivity index (χ2n) is 6.62. The largest absolute Gasteiger partial charge is 0.393 e. The summed E-state index contributed by atoms with van der Waals surface area (Å²) in [4.78, 5) is 22.6. The molecule has 1 saturated heterocycles. The van der Waals surface area contributed by atoms with Gasteiger partial charge in [0.1, 0.15) is 5.60 Å². The molecular weight excluding hydrogens is 332 g/mol. The highest BCUT2D eigenvalue weighted by molar-refractivity contribution is 5.90. The molecule has 2 N–H and O–H groups in total. The average Bonchev–Trinajstić information content (AvgIpc) is 2.69. The fourth-order valence-electron chi connectivity index (χ4n) is 3.06. The Morgan fingerprint density at radius 2 is 2.00 bits per heavy atom. The maximum absolute atomic E-state index is 12.7. The normalized spacial score (nSPS) is 20.0. The Morgan fingerprint density at radius 1 is 1.31 bits per heavy atom. The molecule has 0 unspecified atom stereocenters. The molecule has 3 rings (SSSR count). The Hall–Kier alpha value is -2.51. The van der Waals surface area contributed by atoms with Crippen molar-refractivity contribution in [2.75, 3.05) is 38.7 Å². The molecule has 1 aromatic heterocycles. The Morgan fingerprint density at radius 3 is 2.62 bits per heavy atom. The number of hydrogen-bond donors (Lipinski definition) is 2. The van der Waals surface area contributed by atoms with Crippen molar-refractivity contribution in [2.45, 2.75) is 18.9 Å². The minimum atomic E-state index is -0.811. The van der Waals surface area contributed by atoms with E-state index in [-0.39, 0.29) is 18.3 Å². The van der Waals surface area contributed by atoms with Gasteiger partial charge in [0.15, 0.2) is 0 Å². The second-order valence-corrected chi connectivity index (χ2v) is 6.62. The molecule has 1 amide bonds. The first-order chi connectivity index (χ1) is 12.5. The van der Waals surface area contributed by atoms with Crippen molar-refractivity contribution >= 4 is 11.6 Å². The highest BCUT2D eigenvalue weighted by Gasteiger charge is 2.39. The van der Waals surface area contributed by atoms with Crippen LogP contribution in [0.3, 0.4) is 0 Å². The van der Waals surface area contributed by atoms with Crippen LogP contribution in [0.25, 0.3) is 0 Å². The van der Waals surface area contributed by atoms with Crippen LogP contribution in [-0.2, 0) is 11.2 Å². The van der Waals surface area contributed by atoms with Crippen LogP contribution >= 0.6 is 0 Å². The molecule has 26 heavy (non-hydrogen) atoms. The highest BCUT2D eigenvalue weighted by atomic mass is 16.5. The molecule has 0 aliphatic carbocycles. The summed E-state index contributed by atoms with van der Waals surface area (Å²) in [7, 11) is 1.77. The number of carbonyl (C=O) groups is 1. The number of amides is 1. The number of nitrogens with zero attached hydrogens (tertiary/aromatic N) is 3. The molecule has 0 saturated carbocycles. The first kappa shape index (κ1) is 18.3. The standard InChI is InChI=1S/C19H24N4O3/c1-14-3-5-15(6-4-14)9-19(13-24)12-23(7-8-26-19)18(25)17-21-10-16(20-2)11-22-17/h3-6,10-11,20,24H,7-9,12-13H2,1-2H3/t19-/m1/s1. The summed E-state index contributed by atoms with van der Waals surface area (Å²) in [6.07, 6.45) is 3.69. The molecule has 1 aliphatic rings. The molecule has 7 heteroatoms. The van der Waals surface area contributed by atoms with Crippen molar-refractivity contribution < 1.29 is 14.6 Å². The number of morpholine rings is 1. The van der Waals surface area contributed by atoms with E-state index in [9.17, 15) is 9.90 Å². The summed E-state index contributed by atoms with van der Waals surface area (Å²) in [5, 5.41) is 12.9. The van der Waals surface area contributed by atoms with E-state index in [1.165, 1.54) is 5.56 Å². The Balaban J connectivity index is 1.75. The van der Waals surface area contributed by atoms with Crippen LogP contribution in [0.2, 0.25) is 0 Å². The molecule has 1 atom stereocenters. The molecule has 2 heterocycles. The van der Waals surface area contributed by atoms with E-state index in [0.29, 0.717) is 26.1 Å². The van der Waals surface area contributed by atoms with E-state index in [4.69, 9.17) is 4.74 Å². The first-order valence-electron chi connectivity index (χ1n) is 8.65. The lowest BCUT2D eigenvalue weighted by Crippen LogP contribution is -2.57. The van der Waals surface area contributed by atoms with Crippen molar-refractivity contribution in [3.8, 4) is 0 Å². The number of anilines is 1. The molecule has 1 aromatic carbocycles. The predicted molar refractivity (Wildman–Crippen MR) is 98.1 cm³/mol. The third-order valence-corrected chi connectivity index (χ3v) is 4.60. The van der Waals surface area contributed by atoms with Crippen LogP contribution in [-0.4, -0.2) is 64.8 Å². The third kappa shape index (κ3) is 4.00. The van der Waals surface area contributed by atoms with E-state index in [1.807, 2.05) is 31.2 Å². The summed E-state index contributed by atoms with van der Waals surface area (Å²) in [6.45, 7) is 2.98. The maximum Gasteiger partial charge on any atom is 0.291 e. The van der Waals surface area contributed by atoms with Crippen molar-refractivity contribution in [3.63, 3.8) is 0 Å². The zero-order valence-corrected chi connectivity index (χ0v) is 15.1. The SMILES string of the molecule is CNc1cnc(C(=O)N2CCO[C@](CO)(Cc3ccc(C)cc3)C2)nc1. The first-order valence-corrected chi connectivity index (χ1v) is 8.65. The van der Waals surface area contributed by atoms with Gasteiger partial charge in [0.05, 0.1) is 37.8 Å². The third-order valence-electron chi connectivity index (χ3n) is 4.60. The summed E-state index contributed by atoms with van der Waals surface area (Å²) in [6, 6.07) is 8.11. The smallest absolute Gasteiger partial charge is 0.291 e. The van der Waals surface area contributed by atoms with E-state index >= 15 is 0 Å². The quantitative estimate of drug-likeness (QED) is 0.839. The van der Waals surface area contributed by atoms with Crippen molar-refractivity contribution in [3.05, 3.63) is 53.6 Å². The van der Waals surface area contributed by atoms with Gasteiger partial charge >= 0.3 is 0 Å². The number of carbonyl (C=O) groups excluding carboxylic acids is 1. The topological polar surface area (TPSA) is 87.6 Å². The van der Waals surface area contributed by atoms with Gasteiger partial charge in [-0.2, -0.15) is 0 Å². The van der Waals surface area contributed by atoms with Gasteiger partial charge < -0.3 is 20.1 Å². The number of hydrogen-bond acceptors (Lipinski definition) is 6. The van der Waals surface area contributed by atoms with Crippen molar-refractivity contribution in [2.24, 2.45) is 0 Å². The number of aliphatic hydroxyl groups excluding tert-OH is 1. The molecule has 0 bridgehead atoms. The number of aryl methyl sites for hydroxylation is 1. The number of aromatic nitrogens is 2. The molecule has 1 fully saturated rings. The van der Waals surface area contributed by atoms with Crippen molar-refractivity contribution in [1.29, 1.82) is 0 Å². The van der Waals surface area contributed by atoms with Gasteiger partial charge in [0.2, 0.25) is 5.82 Å². The van der Waals surface area contributed by atoms with Crippen LogP contribution in [0.4, 0.5) is 5.69 Å². The number of aliphatic hydroxyl groups is 1. The molecule has 0 radical (unpaired) electrons. The van der Waals surface area contributed by atoms with Gasteiger partial charge in [-0.25, -0.2) is 9.97 Å². The molecule has 138 valence electrons. The van der Waals surface area contributed by atoms with Gasteiger partial charge in [-0.1, -0.05) is 29.8 Å². The molecular formula is C19H24N4O3. The Labute approximate surface area is 153 Å². The van der Waals surface area contributed by atoms with Crippen LogP contribution in [0, 0.1) is 6.92 Å². The lowest BCUT2D eigenvalue weighted by Gasteiger charge is -2.41. The van der Waals surface area contributed by atoms with Gasteiger partial charge in [-0.3, -0.25) is 4.79 Å². The number of ether oxygens (including phenoxy) is 1. The number of nitrogens with one attached hydrogen (secondary N) is 1. The van der Waals surface area contributed by atoms with Gasteiger partial charge in [0, 0.05) is 20.0 Å². The molecule has 7 nitrogen and oxygen atoms in total. The van der Waals surface area contributed by atoms with Crippen LogP contribution < -0.4 is 5.32 Å². The Bertz CT molecular complexity index is 748. The fourth-order valence-corrected chi connectivity index (χ4v) is 3.06. The van der Waals surface area contributed by atoms with Gasteiger partial charge in [-0.15, -0.1) is 0 Å². The van der Waals surface area contributed by atoms with E-state index in [0.717, 1.165) is 11.3 Å². The summed E-state index contributed by atoms with van der Waals surface area (Å²) in [5.74, 6) is -0.106. The summed E-state index contributed by atoms with van der Waals surface area (Å²) in [5.41, 5.74) is 2.17. The minimum absolute atomic E-state index is 0.146. The molecule has 2 aromatic rings. The van der Waals surface area contributed by atoms with Gasteiger partial charge in [0.25, 0.3) is 5.91 Å². The molecule has 0 spiro atoms. The van der Waals surface area contributed by atoms with E-state index in [1.54, 1.807) is 24.3 Å². The van der Waals surface area contributed by atoms with Crippen molar-refractivity contribution in [1.82, 2.24) is 14.9 Å². The van der Waals surface area contributed by atoms with Gasteiger partial charge in [-0.05, 0) is 12.5 Å². The minimum Gasteiger partial charge on any atom is -0.393 e. The zero-order chi connectivity index (χ0) is 18.6. The molecule has 1 aliphatic heterocycles. The van der Waals surface area contributed by atoms with Crippen LogP contribution in [0.1, 0.15) is 21.7 Å². The highest BCUT2D eigenvalue weighted by Crippen LogP contribution is 2.24. The maximum atomic E-state index is 12.7. The monoisotopic (exact) mass is 356 g/mol. The number of rotatable bonds is 5. The lowest BCUT2D eigenvalue weighted by atomic mass is 9.92. The van der Waals surface area contributed by atoms with E-state index in [2.05, 4.69) is 15.3 Å². The zero-order valence-electron chi connectivity index (χ0n) is 15.1. The Kier molecular flexibility index (Phi) is 5.49. The number of benzene rings is 1. The summed E-state index contributed by atoms with van der Waals surface area (Å²) >= 11 is 0. The predicted octanol–water partition coefficient (Wildman–Crippen LogP) is 1.27. The van der Waals surface area contributed by atoms with E-state index < -0.39 is 5.60 Å². The van der Waals surface area contributed by atoms with Crippen LogP contribution in [0.15, 0.2) is 36.7 Å². The lowest BCUT2D eigenvalue weighted by molar-refractivity contribution is -0.123. The second kappa shape index (κ2) is 7.80. The average molecular weight is 356 g/mol. The van der Waals surface area contributed by atoms with Crippen LogP contribution in [0.5, 0.6) is 0 Å². The summed E-state index contributed by atoms with van der Waals surface area (Å²) < 4.78 is 5.91.